The highest BCUT2D eigenvalue weighted by Gasteiger charge is 2.14. The molecule has 0 heterocycles. The Labute approximate surface area is 136 Å². The molecule has 1 aliphatic rings. The van der Waals surface area contributed by atoms with Crippen LogP contribution in [0.3, 0.4) is 0 Å². The molecule has 2 N–H and O–H groups in total. The molecule has 1 aliphatic carbocycles. The summed E-state index contributed by atoms with van der Waals surface area (Å²) in [5.74, 6) is -0.279. The lowest BCUT2D eigenvalue weighted by Gasteiger charge is -2.16. The summed E-state index contributed by atoms with van der Waals surface area (Å²) in [4.78, 5) is 34.6. The van der Waals surface area contributed by atoms with Gasteiger partial charge < -0.3 is 10.6 Å². The minimum Gasteiger partial charge on any atom is -0.355 e. The monoisotopic (exact) mass is 316 g/mol. The van der Waals surface area contributed by atoms with Gasteiger partial charge in [0, 0.05) is 38.4 Å². The van der Waals surface area contributed by atoms with E-state index in [1.807, 2.05) is 12.1 Å². The molecule has 0 saturated heterocycles. The molecule has 0 radical (unpaired) electrons. The molecule has 0 unspecified atom stereocenters. The van der Waals surface area contributed by atoms with Crippen LogP contribution in [0.25, 0.3) is 0 Å². The molecule has 0 aromatic heterocycles. The van der Waals surface area contributed by atoms with E-state index < -0.39 is 0 Å². The Kier molecular flexibility index (Phi) is 6.32. The maximum Gasteiger partial charge on any atom is 0.220 e. The van der Waals surface area contributed by atoms with Crippen molar-refractivity contribution in [1.82, 2.24) is 10.6 Å². The van der Waals surface area contributed by atoms with Gasteiger partial charge in [-0.2, -0.15) is 0 Å². The summed E-state index contributed by atoms with van der Waals surface area (Å²) in [5.41, 5.74) is 3.34. The Balaban J connectivity index is 1.76. The first-order chi connectivity index (χ1) is 11.1. The van der Waals surface area contributed by atoms with E-state index in [4.69, 9.17) is 0 Å². The van der Waals surface area contributed by atoms with E-state index in [2.05, 4.69) is 16.7 Å². The fraction of sp³-hybridized carbons (Fsp3) is 0.500. The molecule has 5 heteroatoms. The van der Waals surface area contributed by atoms with Crippen LogP contribution in [0, 0.1) is 0 Å². The number of nitrogens with one attached hydrogen (secondary N) is 2. The minimum absolute atomic E-state index is 0.00962. The number of benzene rings is 1. The van der Waals surface area contributed by atoms with Gasteiger partial charge in [-0.1, -0.05) is 12.1 Å². The number of amides is 2. The number of carbonyl (C=O) groups excluding carboxylic acids is 3. The van der Waals surface area contributed by atoms with Gasteiger partial charge in [0.2, 0.25) is 11.8 Å². The topological polar surface area (TPSA) is 75.3 Å². The average molecular weight is 316 g/mol. The van der Waals surface area contributed by atoms with Gasteiger partial charge in [-0.15, -0.1) is 0 Å². The second-order valence-corrected chi connectivity index (χ2v) is 5.95. The standard InChI is InChI=1S/C18H24N2O3/c1-13(21)19-10-11-20-18(23)9-8-17(22)16-7-6-14-4-2-3-5-15(14)12-16/h6-7,12H,2-5,8-11H2,1H3,(H,19,21)(H,20,23). The maximum atomic E-state index is 12.2. The molecular formula is C18H24N2O3. The van der Waals surface area contributed by atoms with E-state index in [0.717, 1.165) is 12.8 Å². The van der Waals surface area contributed by atoms with Crippen molar-refractivity contribution in [2.75, 3.05) is 13.1 Å². The largest absolute Gasteiger partial charge is 0.355 e. The fourth-order valence-corrected chi connectivity index (χ4v) is 2.81. The predicted octanol–water partition coefficient (Wildman–Crippen LogP) is 1.78. The number of fused-ring (bicyclic) bond motifs is 1. The average Bonchev–Trinajstić information content (AvgIpc) is 2.56. The van der Waals surface area contributed by atoms with Crippen molar-refractivity contribution >= 4 is 17.6 Å². The smallest absolute Gasteiger partial charge is 0.220 e. The predicted molar refractivity (Wildman–Crippen MR) is 88.3 cm³/mol. The van der Waals surface area contributed by atoms with Gasteiger partial charge in [-0.3, -0.25) is 14.4 Å². The molecule has 0 fully saturated rings. The van der Waals surface area contributed by atoms with Crippen molar-refractivity contribution in [2.24, 2.45) is 0 Å². The number of aryl methyl sites for hydroxylation is 2. The molecule has 124 valence electrons. The molecule has 0 atom stereocenters. The first-order valence-corrected chi connectivity index (χ1v) is 8.22. The Morgan fingerprint density at radius 2 is 1.65 bits per heavy atom. The first kappa shape index (κ1) is 17.2. The van der Waals surface area contributed by atoms with Crippen LogP contribution in [0.5, 0.6) is 0 Å². The lowest BCUT2D eigenvalue weighted by atomic mass is 9.89. The second-order valence-electron chi connectivity index (χ2n) is 5.95. The van der Waals surface area contributed by atoms with Gasteiger partial charge in [-0.25, -0.2) is 0 Å². The van der Waals surface area contributed by atoms with Crippen LogP contribution in [0.4, 0.5) is 0 Å². The zero-order valence-corrected chi connectivity index (χ0v) is 13.6. The number of hydrogen-bond acceptors (Lipinski definition) is 3. The Morgan fingerprint density at radius 1 is 0.957 bits per heavy atom. The third kappa shape index (κ3) is 5.51. The van der Waals surface area contributed by atoms with Crippen molar-refractivity contribution < 1.29 is 14.4 Å². The summed E-state index contributed by atoms with van der Waals surface area (Å²) in [6, 6.07) is 5.92. The summed E-state index contributed by atoms with van der Waals surface area (Å²) in [7, 11) is 0. The molecule has 5 nitrogen and oxygen atoms in total. The van der Waals surface area contributed by atoms with Gasteiger partial charge in [0.15, 0.2) is 5.78 Å². The SMILES string of the molecule is CC(=O)NCCNC(=O)CCC(=O)c1ccc2c(c1)CCCC2. The molecule has 0 saturated carbocycles. The third-order valence-corrected chi connectivity index (χ3v) is 4.07. The Hall–Kier alpha value is -2.17. The number of Topliss-reactive ketones (excluding diaryl/α,β-unsaturated/α-hetero) is 1. The molecule has 0 spiro atoms. The fourth-order valence-electron chi connectivity index (χ4n) is 2.81. The molecular weight excluding hydrogens is 292 g/mol. The summed E-state index contributed by atoms with van der Waals surface area (Å²) < 4.78 is 0. The number of hydrogen-bond donors (Lipinski definition) is 2. The lowest BCUT2D eigenvalue weighted by Crippen LogP contribution is -2.33. The molecule has 0 bridgehead atoms. The van der Waals surface area contributed by atoms with Gasteiger partial charge >= 0.3 is 0 Å². The zero-order valence-electron chi connectivity index (χ0n) is 13.6. The number of ketones is 1. The highest BCUT2D eigenvalue weighted by Crippen LogP contribution is 2.22. The van der Waals surface area contributed by atoms with Crippen molar-refractivity contribution in [1.29, 1.82) is 0 Å². The van der Waals surface area contributed by atoms with E-state index >= 15 is 0 Å². The van der Waals surface area contributed by atoms with E-state index in [1.54, 1.807) is 0 Å². The molecule has 1 aromatic rings. The highest BCUT2D eigenvalue weighted by molar-refractivity contribution is 5.98. The van der Waals surface area contributed by atoms with Gasteiger partial charge in [0.25, 0.3) is 0 Å². The second kappa shape index (κ2) is 8.46. The van der Waals surface area contributed by atoms with Crippen molar-refractivity contribution in [2.45, 2.75) is 45.4 Å². The molecule has 0 aliphatic heterocycles. The summed E-state index contributed by atoms with van der Waals surface area (Å²) in [6.45, 7) is 2.21. The highest BCUT2D eigenvalue weighted by atomic mass is 16.2. The first-order valence-electron chi connectivity index (χ1n) is 8.22. The zero-order chi connectivity index (χ0) is 16.7. The van der Waals surface area contributed by atoms with Gasteiger partial charge in [0.1, 0.15) is 0 Å². The van der Waals surface area contributed by atoms with E-state index in [1.165, 1.54) is 30.9 Å². The van der Waals surface area contributed by atoms with Crippen molar-refractivity contribution in [3.63, 3.8) is 0 Å². The Morgan fingerprint density at radius 3 is 2.39 bits per heavy atom. The van der Waals surface area contributed by atoms with Crippen molar-refractivity contribution in [3.05, 3.63) is 34.9 Å². The third-order valence-electron chi connectivity index (χ3n) is 4.07. The summed E-state index contributed by atoms with van der Waals surface area (Å²) in [6.07, 6.45) is 4.93. The minimum atomic E-state index is -0.165. The van der Waals surface area contributed by atoms with Crippen LogP contribution in [-0.4, -0.2) is 30.7 Å². The quantitative estimate of drug-likeness (QED) is 0.595. The summed E-state index contributed by atoms with van der Waals surface area (Å²) in [5, 5.41) is 5.29. The molecule has 1 aromatic carbocycles. The van der Waals surface area contributed by atoms with Crippen LogP contribution in [-0.2, 0) is 22.4 Å². The maximum absolute atomic E-state index is 12.2. The molecule has 23 heavy (non-hydrogen) atoms. The van der Waals surface area contributed by atoms with Crippen LogP contribution in [0.15, 0.2) is 18.2 Å². The van der Waals surface area contributed by atoms with Crippen LogP contribution in [0.2, 0.25) is 0 Å². The normalized spacial score (nSPS) is 13.1. The number of carbonyl (C=O) groups is 3. The number of rotatable bonds is 7. The van der Waals surface area contributed by atoms with E-state index in [-0.39, 0.29) is 30.4 Å². The van der Waals surface area contributed by atoms with Crippen molar-refractivity contribution in [3.8, 4) is 0 Å². The van der Waals surface area contributed by atoms with Gasteiger partial charge in [0.05, 0.1) is 0 Å². The van der Waals surface area contributed by atoms with E-state index in [0.29, 0.717) is 18.7 Å². The van der Waals surface area contributed by atoms with E-state index in [9.17, 15) is 14.4 Å². The Bertz CT molecular complexity index is 596. The summed E-state index contributed by atoms with van der Waals surface area (Å²) >= 11 is 0. The molecule has 2 rings (SSSR count). The molecule has 2 amide bonds. The van der Waals surface area contributed by atoms with Crippen LogP contribution in [0.1, 0.15) is 54.1 Å². The lowest BCUT2D eigenvalue weighted by molar-refractivity contribution is -0.122. The van der Waals surface area contributed by atoms with Crippen LogP contribution < -0.4 is 10.6 Å². The van der Waals surface area contributed by atoms with Gasteiger partial charge in [-0.05, 0) is 42.9 Å². The van der Waals surface area contributed by atoms with Crippen LogP contribution >= 0.6 is 0 Å².